The Labute approximate surface area is 121 Å². The summed E-state index contributed by atoms with van der Waals surface area (Å²) in [6.45, 7) is 4.96. The van der Waals surface area contributed by atoms with Crippen molar-refractivity contribution in [2.45, 2.75) is 52.4 Å². The molecule has 0 radical (unpaired) electrons. The van der Waals surface area contributed by atoms with Crippen LogP contribution in [-0.2, 0) is 11.2 Å². The molecule has 1 heterocycles. The molecule has 1 aliphatic heterocycles. The number of rotatable bonds is 5. The maximum atomic E-state index is 12.8. The molecule has 1 aliphatic rings. The number of para-hydroxylation sites is 1. The molecule has 0 aliphatic carbocycles. The normalized spacial score (nSPS) is 15.8. The fourth-order valence-corrected chi connectivity index (χ4v) is 3.02. The highest BCUT2D eigenvalue weighted by Gasteiger charge is 2.29. The van der Waals surface area contributed by atoms with E-state index in [1.807, 2.05) is 17.0 Å². The van der Waals surface area contributed by atoms with Gasteiger partial charge in [-0.15, -0.1) is 0 Å². The monoisotopic (exact) mass is 275 g/mol. The molecule has 1 aromatic carbocycles. The van der Waals surface area contributed by atoms with Crippen LogP contribution in [0.4, 0.5) is 5.69 Å². The van der Waals surface area contributed by atoms with Crippen molar-refractivity contribution < 1.29 is 9.90 Å². The highest BCUT2D eigenvalue weighted by molar-refractivity contribution is 5.97. The van der Waals surface area contributed by atoms with Crippen molar-refractivity contribution in [1.82, 2.24) is 0 Å². The molecule has 0 saturated heterocycles. The first-order valence-electron chi connectivity index (χ1n) is 7.81. The minimum absolute atomic E-state index is 0.0838. The van der Waals surface area contributed by atoms with E-state index in [0.717, 1.165) is 56.3 Å². The lowest BCUT2D eigenvalue weighted by molar-refractivity contribution is -0.122. The molecule has 20 heavy (non-hydrogen) atoms. The van der Waals surface area contributed by atoms with Gasteiger partial charge in [-0.25, -0.2) is 0 Å². The van der Waals surface area contributed by atoms with E-state index >= 15 is 0 Å². The van der Waals surface area contributed by atoms with Crippen molar-refractivity contribution in [1.29, 1.82) is 0 Å². The molecule has 1 N–H and O–H groups in total. The number of amides is 1. The van der Waals surface area contributed by atoms with E-state index in [2.05, 4.69) is 13.8 Å². The van der Waals surface area contributed by atoms with Crippen LogP contribution in [0.5, 0.6) is 5.75 Å². The van der Waals surface area contributed by atoms with Crippen molar-refractivity contribution in [2.24, 2.45) is 5.92 Å². The molecule has 0 saturated carbocycles. The standard InChI is InChI=1S/C17H25NO2/c1-3-5-8-13(4-2)17(20)18-12-7-10-14-9-6-11-15(19)16(14)18/h6,9,11,13,19H,3-5,7-8,10,12H2,1-2H3. The van der Waals surface area contributed by atoms with E-state index < -0.39 is 0 Å². The number of hydrogen-bond donors (Lipinski definition) is 1. The van der Waals surface area contributed by atoms with Crippen LogP contribution >= 0.6 is 0 Å². The van der Waals surface area contributed by atoms with E-state index in [1.165, 1.54) is 0 Å². The summed E-state index contributed by atoms with van der Waals surface area (Å²) in [5.41, 5.74) is 1.84. The van der Waals surface area contributed by atoms with E-state index in [-0.39, 0.29) is 17.6 Å². The second-order valence-electron chi connectivity index (χ2n) is 5.63. The molecular weight excluding hydrogens is 250 g/mol. The summed E-state index contributed by atoms with van der Waals surface area (Å²) in [5.74, 6) is 0.504. The molecule has 3 nitrogen and oxygen atoms in total. The number of carbonyl (C=O) groups is 1. The number of aromatic hydroxyl groups is 1. The van der Waals surface area contributed by atoms with E-state index in [0.29, 0.717) is 0 Å². The first-order chi connectivity index (χ1) is 9.69. The van der Waals surface area contributed by atoms with Crippen molar-refractivity contribution >= 4 is 11.6 Å². The van der Waals surface area contributed by atoms with Crippen LogP contribution in [0.3, 0.4) is 0 Å². The van der Waals surface area contributed by atoms with Crippen molar-refractivity contribution in [3.05, 3.63) is 23.8 Å². The summed E-state index contributed by atoms with van der Waals surface area (Å²) < 4.78 is 0. The zero-order chi connectivity index (χ0) is 14.5. The second kappa shape index (κ2) is 6.78. The number of phenols is 1. The van der Waals surface area contributed by atoms with Gasteiger partial charge in [-0.05, 0) is 37.3 Å². The van der Waals surface area contributed by atoms with E-state index in [1.54, 1.807) is 6.07 Å². The molecule has 0 aromatic heterocycles. The van der Waals surface area contributed by atoms with E-state index in [9.17, 15) is 9.90 Å². The number of aryl methyl sites for hydroxylation is 1. The maximum Gasteiger partial charge on any atom is 0.230 e. The molecule has 1 unspecified atom stereocenters. The first-order valence-corrected chi connectivity index (χ1v) is 7.81. The Bertz CT molecular complexity index is 470. The molecular formula is C17H25NO2. The Balaban J connectivity index is 2.23. The Morgan fingerprint density at radius 1 is 1.40 bits per heavy atom. The second-order valence-corrected chi connectivity index (χ2v) is 5.63. The summed E-state index contributed by atoms with van der Waals surface area (Å²) >= 11 is 0. The Morgan fingerprint density at radius 2 is 2.20 bits per heavy atom. The van der Waals surface area contributed by atoms with Crippen molar-refractivity contribution in [3.63, 3.8) is 0 Å². The van der Waals surface area contributed by atoms with Gasteiger partial charge in [-0.1, -0.05) is 38.8 Å². The zero-order valence-electron chi connectivity index (χ0n) is 12.6. The van der Waals surface area contributed by atoms with Gasteiger partial charge >= 0.3 is 0 Å². The number of benzene rings is 1. The zero-order valence-corrected chi connectivity index (χ0v) is 12.6. The Hall–Kier alpha value is -1.51. The summed E-state index contributed by atoms with van der Waals surface area (Å²) in [4.78, 5) is 14.6. The van der Waals surface area contributed by atoms with Gasteiger partial charge in [0.15, 0.2) is 0 Å². The SMILES string of the molecule is CCCCC(CC)C(=O)N1CCCc2cccc(O)c21. The van der Waals surface area contributed by atoms with Crippen LogP contribution in [0.1, 0.15) is 51.5 Å². The highest BCUT2D eigenvalue weighted by atomic mass is 16.3. The fourth-order valence-electron chi connectivity index (χ4n) is 3.02. The lowest BCUT2D eigenvalue weighted by atomic mass is 9.94. The van der Waals surface area contributed by atoms with Crippen LogP contribution in [0.2, 0.25) is 0 Å². The average Bonchev–Trinajstić information content (AvgIpc) is 2.47. The predicted molar refractivity (Wildman–Crippen MR) is 82.1 cm³/mol. The largest absolute Gasteiger partial charge is 0.506 e. The Morgan fingerprint density at radius 3 is 2.90 bits per heavy atom. The number of nitrogens with zero attached hydrogens (tertiary/aromatic N) is 1. The smallest absolute Gasteiger partial charge is 0.230 e. The molecule has 2 rings (SSSR count). The van der Waals surface area contributed by atoms with Crippen LogP contribution in [0.15, 0.2) is 18.2 Å². The fraction of sp³-hybridized carbons (Fsp3) is 0.588. The first kappa shape index (κ1) is 14.9. The van der Waals surface area contributed by atoms with Crippen molar-refractivity contribution in [3.8, 4) is 5.75 Å². The van der Waals surface area contributed by atoms with Gasteiger partial charge in [0.1, 0.15) is 5.75 Å². The molecule has 1 atom stereocenters. The Kier molecular flexibility index (Phi) is 5.05. The predicted octanol–water partition coefficient (Wildman–Crippen LogP) is 3.89. The summed E-state index contributed by atoms with van der Waals surface area (Å²) in [6, 6.07) is 5.55. The van der Waals surface area contributed by atoms with Crippen LogP contribution in [-0.4, -0.2) is 17.6 Å². The molecule has 110 valence electrons. The minimum atomic E-state index is 0.0838. The summed E-state index contributed by atoms with van der Waals surface area (Å²) in [7, 11) is 0. The van der Waals surface area contributed by atoms with Crippen LogP contribution < -0.4 is 4.90 Å². The van der Waals surface area contributed by atoms with Gasteiger partial charge in [-0.2, -0.15) is 0 Å². The third-order valence-electron chi connectivity index (χ3n) is 4.21. The lowest BCUT2D eigenvalue weighted by Crippen LogP contribution is -2.39. The summed E-state index contributed by atoms with van der Waals surface area (Å²) in [5, 5.41) is 10.1. The van der Waals surface area contributed by atoms with Gasteiger partial charge < -0.3 is 10.0 Å². The topological polar surface area (TPSA) is 40.5 Å². The van der Waals surface area contributed by atoms with Crippen LogP contribution in [0.25, 0.3) is 0 Å². The third kappa shape index (κ3) is 2.97. The highest BCUT2D eigenvalue weighted by Crippen LogP contribution is 2.36. The van der Waals surface area contributed by atoms with Crippen molar-refractivity contribution in [2.75, 3.05) is 11.4 Å². The molecule has 3 heteroatoms. The number of unbranched alkanes of at least 4 members (excludes halogenated alkanes) is 1. The van der Waals surface area contributed by atoms with Crippen LogP contribution in [0, 0.1) is 5.92 Å². The lowest BCUT2D eigenvalue weighted by Gasteiger charge is -2.32. The van der Waals surface area contributed by atoms with Gasteiger partial charge in [0.2, 0.25) is 5.91 Å². The minimum Gasteiger partial charge on any atom is -0.506 e. The molecule has 1 aromatic rings. The number of hydrogen-bond acceptors (Lipinski definition) is 2. The molecule has 0 fully saturated rings. The number of phenolic OH excluding ortho intramolecular Hbond substituents is 1. The number of fused-ring (bicyclic) bond motifs is 1. The van der Waals surface area contributed by atoms with Gasteiger partial charge in [0, 0.05) is 12.5 Å². The third-order valence-corrected chi connectivity index (χ3v) is 4.21. The molecule has 1 amide bonds. The average molecular weight is 275 g/mol. The molecule has 0 spiro atoms. The van der Waals surface area contributed by atoms with Gasteiger partial charge in [0.05, 0.1) is 5.69 Å². The number of carbonyl (C=O) groups excluding carboxylic acids is 1. The summed E-state index contributed by atoms with van der Waals surface area (Å²) in [6.07, 6.45) is 5.95. The molecule has 0 bridgehead atoms. The maximum absolute atomic E-state index is 12.8. The number of anilines is 1. The van der Waals surface area contributed by atoms with Gasteiger partial charge in [-0.3, -0.25) is 4.79 Å². The van der Waals surface area contributed by atoms with E-state index in [4.69, 9.17) is 0 Å². The van der Waals surface area contributed by atoms with Gasteiger partial charge in [0.25, 0.3) is 0 Å². The quantitative estimate of drug-likeness (QED) is 0.885.